The third-order valence-electron chi connectivity index (χ3n) is 5.29. The van der Waals surface area contributed by atoms with Crippen LogP contribution in [0, 0.1) is 0 Å². The lowest BCUT2D eigenvalue weighted by Crippen LogP contribution is -2.24. The molecule has 2 aromatic carbocycles. The summed E-state index contributed by atoms with van der Waals surface area (Å²) in [5.41, 5.74) is 4.11. The number of rotatable bonds is 9. The molecule has 1 aliphatic rings. The summed E-state index contributed by atoms with van der Waals surface area (Å²) in [6.07, 6.45) is 6.58. The minimum atomic E-state index is -0.943. The Morgan fingerprint density at radius 2 is 2.00 bits per heavy atom. The zero-order valence-corrected chi connectivity index (χ0v) is 15.8. The van der Waals surface area contributed by atoms with E-state index in [0.29, 0.717) is 12.5 Å². The van der Waals surface area contributed by atoms with Crippen LogP contribution in [0.1, 0.15) is 54.7 Å². The van der Waals surface area contributed by atoms with E-state index in [1.165, 1.54) is 16.7 Å². The van der Waals surface area contributed by atoms with Crippen molar-refractivity contribution in [3.63, 3.8) is 0 Å². The first-order valence-electron chi connectivity index (χ1n) is 9.99. The van der Waals surface area contributed by atoms with Gasteiger partial charge in [-0.3, -0.25) is 0 Å². The highest BCUT2D eigenvalue weighted by Gasteiger charge is 2.20. The molecule has 0 saturated heterocycles. The number of benzene rings is 2. The van der Waals surface area contributed by atoms with E-state index in [1.54, 1.807) is 0 Å². The molecule has 144 valence electrons. The second kappa shape index (κ2) is 10.0. The maximum absolute atomic E-state index is 10.6. The van der Waals surface area contributed by atoms with Crippen LogP contribution in [-0.2, 0) is 12.8 Å². The standard InChI is InChI=1S/C23H29NO3/c25-23(26)24-15-14-19-10-6-11-20-17-21(12-13-22(19)20)27-16-5-4-9-18-7-2-1-3-8-18/h1-3,7-8,12-13,17,19,24H,4-6,9-11,14-16H2,(H,25,26). The Kier molecular flexibility index (Phi) is 7.14. The van der Waals surface area contributed by atoms with Crippen molar-refractivity contribution >= 4 is 6.09 Å². The average molecular weight is 367 g/mol. The van der Waals surface area contributed by atoms with Gasteiger partial charge in [-0.15, -0.1) is 0 Å². The van der Waals surface area contributed by atoms with Gasteiger partial charge >= 0.3 is 6.09 Å². The Labute approximate surface area is 161 Å². The molecule has 2 N–H and O–H groups in total. The van der Waals surface area contributed by atoms with Crippen molar-refractivity contribution in [3.05, 3.63) is 65.2 Å². The highest BCUT2D eigenvalue weighted by molar-refractivity contribution is 5.64. The van der Waals surface area contributed by atoms with Crippen molar-refractivity contribution < 1.29 is 14.6 Å². The third-order valence-corrected chi connectivity index (χ3v) is 5.29. The molecule has 0 spiro atoms. The van der Waals surface area contributed by atoms with Crippen molar-refractivity contribution in [2.45, 2.75) is 50.9 Å². The molecule has 0 heterocycles. The fourth-order valence-corrected chi connectivity index (χ4v) is 3.90. The van der Waals surface area contributed by atoms with Crippen LogP contribution in [0.2, 0.25) is 0 Å². The zero-order chi connectivity index (χ0) is 18.9. The van der Waals surface area contributed by atoms with Gasteiger partial charge in [0.2, 0.25) is 0 Å². The number of nitrogens with one attached hydrogen (secondary N) is 1. The molecule has 27 heavy (non-hydrogen) atoms. The van der Waals surface area contributed by atoms with Gasteiger partial charge in [0.1, 0.15) is 5.75 Å². The van der Waals surface area contributed by atoms with E-state index < -0.39 is 6.09 Å². The molecule has 4 heteroatoms. The molecular weight excluding hydrogens is 338 g/mol. The molecule has 0 fully saturated rings. The van der Waals surface area contributed by atoms with E-state index in [4.69, 9.17) is 9.84 Å². The molecule has 1 unspecified atom stereocenters. The number of hydrogen-bond acceptors (Lipinski definition) is 2. The van der Waals surface area contributed by atoms with Crippen molar-refractivity contribution in [2.24, 2.45) is 0 Å². The maximum Gasteiger partial charge on any atom is 0.404 e. The van der Waals surface area contributed by atoms with Gasteiger partial charge < -0.3 is 15.2 Å². The molecule has 3 rings (SSSR count). The normalized spacial score (nSPS) is 15.8. The van der Waals surface area contributed by atoms with E-state index in [-0.39, 0.29) is 0 Å². The van der Waals surface area contributed by atoms with Crippen LogP contribution >= 0.6 is 0 Å². The van der Waals surface area contributed by atoms with Gasteiger partial charge in [-0.05, 0) is 79.7 Å². The molecule has 1 amide bonds. The number of hydrogen-bond donors (Lipinski definition) is 2. The quantitative estimate of drug-likeness (QED) is 0.602. The first-order valence-corrected chi connectivity index (χ1v) is 9.99. The Hall–Kier alpha value is -2.49. The van der Waals surface area contributed by atoms with Crippen LogP contribution in [0.4, 0.5) is 4.79 Å². The number of aryl methyl sites for hydroxylation is 2. The molecule has 0 aromatic heterocycles. The van der Waals surface area contributed by atoms with Crippen molar-refractivity contribution in [1.29, 1.82) is 0 Å². The summed E-state index contributed by atoms with van der Waals surface area (Å²) in [6, 6.07) is 17.0. The fraction of sp³-hybridized carbons (Fsp3) is 0.435. The Bertz CT molecular complexity index is 730. The SMILES string of the molecule is O=C(O)NCCC1CCCc2cc(OCCCCc3ccccc3)ccc21. The number of amides is 1. The van der Waals surface area contributed by atoms with Crippen molar-refractivity contribution in [2.75, 3.05) is 13.2 Å². The molecule has 0 saturated carbocycles. The van der Waals surface area contributed by atoms with E-state index in [0.717, 1.165) is 57.3 Å². The van der Waals surface area contributed by atoms with Crippen LogP contribution < -0.4 is 10.1 Å². The molecule has 1 atom stereocenters. The predicted octanol–water partition coefficient (Wildman–Crippen LogP) is 5.17. The summed E-state index contributed by atoms with van der Waals surface area (Å²) < 4.78 is 5.97. The average Bonchev–Trinajstić information content (AvgIpc) is 2.68. The van der Waals surface area contributed by atoms with Crippen LogP contribution in [0.15, 0.2) is 48.5 Å². The van der Waals surface area contributed by atoms with Gasteiger partial charge in [-0.25, -0.2) is 4.79 Å². The summed E-state index contributed by atoms with van der Waals surface area (Å²) in [6.45, 7) is 1.26. The predicted molar refractivity (Wildman–Crippen MR) is 108 cm³/mol. The van der Waals surface area contributed by atoms with E-state index >= 15 is 0 Å². The first kappa shape index (κ1) is 19.3. The minimum absolute atomic E-state index is 0.445. The summed E-state index contributed by atoms with van der Waals surface area (Å²) in [7, 11) is 0. The summed E-state index contributed by atoms with van der Waals surface area (Å²) in [4.78, 5) is 10.6. The van der Waals surface area contributed by atoms with Crippen LogP contribution in [0.5, 0.6) is 5.75 Å². The number of fused-ring (bicyclic) bond motifs is 1. The highest BCUT2D eigenvalue weighted by atomic mass is 16.5. The molecule has 2 aromatic rings. The molecular formula is C23H29NO3. The van der Waals surface area contributed by atoms with Crippen molar-refractivity contribution in [3.8, 4) is 5.75 Å². The van der Waals surface area contributed by atoms with Gasteiger partial charge in [0, 0.05) is 6.54 Å². The van der Waals surface area contributed by atoms with Crippen LogP contribution in [0.3, 0.4) is 0 Å². The monoisotopic (exact) mass is 367 g/mol. The molecule has 0 bridgehead atoms. The number of ether oxygens (including phenoxy) is 1. The van der Waals surface area contributed by atoms with E-state index in [2.05, 4.69) is 53.8 Å². The fourth-order valence-electron chi connectivity index (χ4n) is 3.90. The van der Waals surface area contributed by atoms with Gasteiger partial charge in [0.05, 0.1) is 6.61 Å². The molecule has 1 aliphatic carbocycles. The van der Waals surface area contributed by atoms with Gasteiger partial charge in [0.15, 0.2) is 0 Å². The summed E-state index contributed by atoms with van der Waals surface area (Å²) >= 11 is 0. The molecule has 4 nitrogen and oxygen atoms in total. The largest absolute Gasteiger partial charge is 0.494 e. The van der Waals surface area contributed by atoms with E-state index in [9.17, 15) is 4.79 Å². The lowest BCUT2D eigenvalue weighted by Gasteiger charge is -2.26. The zero-order valence-electron chi connectivity index (χ0n) is 15.8. The third kappa shape index (κ3) is 6.02. The van der Waals surface area contributed by atoms with Gasteiger partial charge in [-0.2, -0.15) is 0 Å². The van der Waals surface area contributed by atoms with Crippen LogP contribution in [-0.4, -0.2) is 24.4 Å². The first-order chi connectivity index (χ1) is 13.2. The smallest absolute Gasteiger partial charge is 0.404 e. The number of carbonyl (C=O) groups is 1. The topological polar surface area (TPSA) is 58.6 Å². The Balaban J connectivity index is 1.45. The minimum Gasteiger partial charge on any atom is -0.494 e. The lowest BCUT2D eigenvalue weighted by molar-refractivity contribution is 0.194. The highest BCUT2D eigenvalue weighted by Crippen LogP contribution is 2.35. The summed E-state index contributed by atoms with van der Waals surface area (Å²) in [5.74, 6) is 1.40. The second-order valence-corrected chi connectivity index (χ2v) is 7.26. The molecule has 0 radical (unpaired) electrons. The maximum atomic E-state index is 10.6. The summed E-state index contributed by atoms with van der Waals surface area (Å²) in [5, 5.41) is 11.2. The van der Waals surface area contributed by atoms with Crippen LogP contribution in [0.25, 0.3) is 0 Å². The second-order valence-electron chi connectivity index (χ2n) is 7.26. The van der Waals surface area contributed by atoms with Crippen molar-refractivity contribution in [1.82, 2.24) is 5.32 Å². The number of carboxylic acid groups (broad SMARTS) is 1. The lowest BCUT2D eigenvalue weighted by atomic mass is 9.81. The Morgan fingerprint density at radius 1 is 1.15 bits per heavy atom. The number of unbranched alkanes of at least 4 members (excludes halogenated alkanes) is 1. The Morgan fingerprint density at radius 3 is 2.81 bits per heavy atom. The van der Waals surface area contributed by atoms with Gasteiger partial charge in [-0.1, -0.05) is 36.4 Å². The molecule has 0 aliphatic heterocycles. The van der Waals surface area contributed by atoms with Gasteiger partial charge in [0.25, 0.3) is 0 Å². The van der Waals surface area contributed by atoms with E-state index in [1.807, 2.05) is 0 Å².